The van der Waals surface area contributed by atoms with Crippen molar-refractivity contribution in [3.05, 3.63) is 27.7 Å². The van der Waals surface area contributed by atoms with Gasteiger partial charge < -0.3 is 9.64 Å². The summed E-state index contributed by atoms with van der Waals surface area (Å²) in [6.07, 6.45) is 1.05. The van der Waals surface area contributed by atoms with Crippen molar-refractivity contribution in [2.75, 3.05) is 20.2 Å². The predicted octanol–water partition coefficient (Wildman–Crippen LogP) is 2.85. The molecule has 0 spiro atoms. The SMILES string of the molecule is COc1cc(Cl)c(Cl)cc1C(=O)N1CCC1. The Morgan fingerprint density at radius 1 is 1.31 bits per heavy atom. The molecule has 1 amide bonds. The zero-order valence-electron chi connectivity index (χ0n) is 8.80. The Hall–Kier alpha value is -0.930. The fraction of sp³-hybridized carbons (Fsp3) is 0.364. The second-order valence-electron chi connectivity index (χ2n) is 3.61. The molecule has 0 radical (unpaired) electrons. The van der Waals surface area contributed by atoms with Crippen LogP contribution in [0.25, 0.3) is 0 Å². The molecule has 1 aromatic rings. The average molecular weight is 260 g/mol. The Morgan fingerprint density at radius 3 is 2.44 bits per heavy atom. The lowest BCUT2D eigenvalue weighted by Gasteiger charge is -2.31. The number of amides is 1. The molecular weight excluding hydrogens is 249 g/mol. The Bertz CT molecular complexity index is 430. The highest BCUT2D eigenvalue weighted by atomic mass is 35.5. The van der Waals surface area contributed by atoms with Gasteiger partial charge >= 0.3 is 0 Å². The third-order valence-corrected chi connectivity index (χ3v) is 3.34. The molecule has 3 nitrogen and oxygen atoms in total. The van der Waals surface area contributed by atoms with Crippen molar-refractivity contribution in [3.8, 4) is 5.75 Å². The number of halogens is 2. The van der Waals surface area contributed by atoms with Crippen LogP contribution in [-0.2, 0) is 0 Å². The van der Waals surface area contributed by atoms with E-state index in [2.05, 4.69) is 0 Å². The fourth-order valence-electron chi connectivity index (χ4n) is 1.55. The van der Waals surface area contributed by atoms with Crippen LogP contribution >= 0.6 is 23.2 Å². The molecular formula is C11H11Cl2NO2. The largest absolute Gasteiger partial charge is 0.496 e. The van der Waals surface area contributed by atoms with Crippen LogP contribution < -0.4 is 4.74 Å². The topological polar surface area (TPSA) is 29.5 Å². The maximum absolute atomic E-state index is 12.0. The van der Waals surface area contributed by atoms with Crippen LogP contribution in [0.5, 0.6) is 5.75 Å². The average Bonchev–Trinajstić information content (AvgIpc) is 2.18. The molecule has 16 heavy (non-hydrogen) atoms. The van der Waals surface area contributed by atoms with Gasteiger partial charge in [0.1, 0.15) is 5.75 Å². The van der Waals surface area contributed by atoms with E-state index in [1.54, 1.807) is 17.0 Å². The van der Waals surface area contributed by atoms with Crippen molar-refractivity contribution in [2.24, 2.45) is 0 Å². The highest BCUT2D eigenvalue weighted by Gasteiger charge is 2.25. The predicted molar refractivity (Wildman–Crippen MR) is 63.5 cm³/mol. The summed E-state index contributed by atoms with van der Waals surface area (Å²) < 4.78 is 5.13. The Labute approximate surface area is 104 Å². The minimum Gasteiger partial charge on any atom is -0.496 e. The number of nitrogens with zero attached hydrogens (tertiary/aromatic N) is 1. The molecule has 1 aromatic carbocycles. The van der Waals surface area contributed by atoms with Gasteiger partial charge in [-0.2, -0.15) is 0 Å². The lowest BCUT2D eigenvalue weighted by Crippen LogP contribution is -2.42. The fourth-order valence-corrected chi connectivity index (χ4v) is 1.87. The molecule has 0 unspecified atom stereocenters. The molecule has 1 saturated heterocycles. The van der Waals surface area contributed by atoms with Crippen molar-refractivity contribution >= 4 is 29.1 Å². The second-order valence-corrected chi connectivity index (χ2v) is 4.43. The van der Waals surface area contributed by atoms with E-state index in [0.717, 1.165) is 19.5 Å². The van der Waals surface area contributed by atoms with Gasteiger partial charge in [0.2, 0.25) is 0 Å². The molecule has 1 fully saturated rings. The summed E-state index contributed by atoms with van der Waals surface area (Å²) in [5, 5.41) is 0.755. The van der Waals surface area contributed by atoms with Gasteiger partial charge in [0, 0.05) is 19.2 Å². The lowest BCUT2D eigenvalue weighted by molar-refractivity contribution is 0.0648. The molecule has 0 saturated carbocycles. The first kappa shape index (κ1) is 11.6. The van der Waals surface area contributed by atoms with E-state index in [0.29, 0.717) is 21.4 Å². The van der Waals surface area contributed by atoms with Crippen LogP contribution in [0.1, 0.15) is 16.8 Å². The van der Waals surface area contributed by atoms with Crippen LogP contribution in [0.4, 0.5) is 0 Å². The van der Waals surface area contributed by atoms with Crippen LogP contribution in [0.15, 0.2) is 12.1 Å². The maximum Gasteiger partial charge on any atom is 0.257 e. The molecule has 1 heterocycles. The monoisotopic (exact) mass is 259 g/mol. The van der Waals surface area contributed by atoms with E-state index < -0.39 is 0 Å². The van der Waals surface area contributed by atoms with E-state index in [1.807, 2.05) is 0 Å². The van der Waals surface area contributed by atoms with E-state index in [1.165, 1.54) is 7.11 Å². The number of hydrogen-bond acceptors (Lipinski definition) is 2. The molecule has 0 N–H and O–H groups in total. The molecule has 0 atom stereocenters. The molecule has 86 valence electrons. The van der Waals surface area contributed by atoms with E-state index in [-0.39, 0.29) is 5.91 Å². The number of ether oxygens (including phenoxy) is 1. The van der Waals surface area contributed by atoms with E-state index in [9.17, 15) is 4.79 Å². The first-order valence-corrected chi connectivity index (χ1v) is 5.71. The van der Waals surface area contributed by atoms with Crippen molar-refractivity contribution in [2.45, 2.75) is 6.42 Å². The van der Waals surface area contributed by atoms with Crippen LogP contribution in [-0.4, -0.2) is 31.0 Å². The second kappa shape index (κ2) is 4.52. The Morgan fingerprint density at radius 2 is 1.94 bits per heavy atom. The minimum atomic E-state index is -0.0540. The Kier molecular flexibility index (Phi) is 3.26. The first-order chi connectivity index (χ1) is 7.63. The highest BCUT2D eigenvalue weighted by Crippen LogP contribution is 2.31. The summed E-state index contributed by atoms with van der Waals surface area (Å²) in [4.78, 5) is 13.8. The number of carbonyl (C=O) groups excluding carboxylic acids is 1. The van der Waals surface area contributed by atoms with Crippen molar-refractivity contribution < 1.29 is 9.53 Å². The van der Waals surface area contributed by atoms with Crippen LogP contribution in [0.2, 0.25) is 10.0 Å². The van der Waals surface area contributed by atoms with Gasteiger partial charge in [0.25, 0.3) is 5.91 Å². The first-order valence-electron chi connectivity index (χ1n) is 4.96. The van der Waals surface area contributed by atoms with E-state index in [4.69, 9.17) is 27.9 Å². The van der Waals surface area contributed by atoms with Crippen molar-refractivity contribution in [1.82, 2.24) is 4.90 Å². The van der Waals surface area contributed by atoms with Crippen molar-refractivity contribution in [1.29, 1.82) is 0 Å². The minimum absolute atomic E-state index is 0.0540. The zero-order chi connectivity index (χ0) is 11.7. The third kappa shape index (κ3) is 1.97. The van der Waals surface area contributed by atoms with Gasteiger partial charge in [-0.1, -0.05) is 23.2 Å². The lowest BCUT2D eigenvalue weighted by atomic mass is 10.1. The molecule has 0 aromatic heterocycles. The maximum atomic E-state index is 12.0. The van der Waals surface area contributed by atoms with Gasteiger partial charge in [-0.25, -0.2) is 0 Å². The summed E-state index contributed by atoms with van der Waals surface area (Å²) in [7, 11) is 1.51. The smallest absolute Gasteiger partial charge is 0.257 e. The molecule has 2 rings (SSSR count). The van der Waals surface area contributed by atoms with Crippen LogP contribution in [0, 0.1) is 0 Å². The third-order valence-electron chi connectivity index (χ3n) is 2.62. The van der Waals surface area contributed by atoms with Crippen molar-refractivity contribution in [3.63, 3.8) is 0 Å². The van der Waals surface area contributed by atoms with Gasteiger partial charge in [-0.05, 0) is 12.5 Å². The summed E-state index contributed by atoms with van der Waals surface area (Å²) >= 11 is 11.8. The number of carbonyl (C=O) groups is 1. The number of hydrogen-bond donors (Lipinski definition) is 0. The Balaban J connectivity index is 2.37. The van der Waals surface area contributed by atoms with E-state index >= 15 is 0 Å². The summed E-state index contributed by atoms with van der Waals surface area (Å²) in [5.74, 6) is 0.410. The van der Waals surface area contributed by atoms with Gasteiger partial charge in [-0.15, -0.1) is 0 Å². The molecule has 1 aliphatic rings. The summed E-state index contributed by atoms with van der Waals surface area (Å²) in [6, 6.07) is 3.13. The zero-order valence-corrected chi connectivity index (χ0v) is 10.3. The summed E-state index contributed by atoms with van der Waals surface area (Å²) in [6.45, 7) is 1.59. The number of likely N-dealkylation sites (tertiary alicyclic amines) is 1. The van der Waals surface area contributed by atoms with Crippen LogP contribution in [0.3, 0.4) is 0 Å². The highest BCUT2D eigenvalue weighted by molar-refractivity contribution is 6.42. The van der Waals surface area contributed by atoms with Gasteiger partial charge in [0.15, 0.2) is 0 Å². The molecule has 0 bridgehead atoms. The van der Waals surface area contributed by atoms with Gasteiger partial charge in [-0.3, -0.25) is 4.79 Å². The normalized spacial score (nSPS) is 14.6. The van der Waals surface area contributed by atoms with Gasteiger partial charge in [0.05, 0.1) is 22.7 Å². The molecule has 0 aliphatic carbocycles. The standard InChI is InChI=1S/C11H11Cl2NO2/c1-16-10-6-9(13)8(12)5-7(10)11(15)14-3-2-4-14/h5-6H,2-4H2,1H3. The number of benzene rings is 1. The number of rotatable bonds is 2. The molecule has 1 aliphatic heterocycles. The number of methoxy groups -OCH3 is 1. The summed E-state index contributed by atoms with van der Waals surface area (Å²) in [5.41, 5.74) is 0.469. The molecule has 5 heteroatoms. The quantitative estimate of drug-likeness (QED) is 0.818.